The van der Waals surface area contributed by atoms with Crippen molar-refractivity contribution in [3.05, 3.63) is 23.3 Å². The Morgan fingerprint density at radius 2 is 0.917 bits per heavy atom. The van der Waals surface area contributed by atoms with Gasteiger partial charge in [0.25, 0.3) is 0 Å². The number of rotatable bonds is 6. The number of hydrogen-bond acceptors (Lipinski definition) is 2. The number of carbonyl (C=O) groups excluding carboxylic acids is 2. The molecule has 0 saturated heterocycles. The van der Waals surface area contributed by atoms with Crippen LogP contribution in [0.25, 0.3) is 0 Å². The first kappa shape index (κ1) is 25.1. The summed E-state index contributed by atoms with van der Waals surface area (Å²) >= 11 is 0. The minimum atomic E-state index is -0.215. The maximum absolute atomic E-state index is 12.4. The van der Waals surface area contributed by atoms with Crippen LogP contribution < -0.4 is 0 Å². The molecule has 0 aromatic heterocycles. The van der Waals surface area contributed by atoms with Gasteiger partial charge < -0.3 is 0 Å². The lowest BCUT2D eigenvalue weighted by Crippen LogP contribution is -2.42. The Hall–Kier alpha value is -1.18. The molecule has 0 bridgehead atoms. The van der Waals surface area contributed by atoms with Crippen molar-refractivity contribution in [1.82, 2.24) is 0 Å². The second kappa shape index (κ2) is 9.96. The first-order valence-electron chi connectivity index (χ1n) is 8.95. The van der Waals surface area contributed by atoms with Crippen molar-refractivity contribution in [2.75, 3.05) is 0 Å². The number of Topliss-reactive ketones (excluding diaryl/α,β-unsaturated/α-hetero) is 1. The van der Waals surface area contributed by atoms with Crippen LogP contribution in [-0.2, 0) is 9.59 Å². The zero-order valence-electron chi connectivity index (χ0n) is 18.1. The van der Waals surface area contributed by atoms with Gasteiger partial charge in [-0.05, 0) is 51.7 Å². The molecule has 0 atom stereocenters. The van der Waals surface area contributed by atoms with Crippen LogP contribution in [-0.4, -0.2) is 11.6 Å². The molecule has 2 nitrogen and oxygen atoms in total. The van der Waals surface area contributed by atoms with Crippen LogP contribution >= 0.6 is 0 Å². The monoisotopic (exact) mass is 336 g/mol. The molecule has 0 radical (unpaired) electrons. The Bertz CT molecular complexity index is 436. The third kappa shape index (κ3) is 8.61. The summed E-state index contributed by atoms with van der Waals surface area (Å²) in [5, 5.41) is 0. The van der Waals surface area contributed by atoms with Gasteiger partial charge in [0, 0.05) is 10.8 Å². The minimum Gasteiger partial charge on any atom is -0.298 e. The summed E-state index contributed by atoms with van der Waals surface area (Å²) in [6.07, 6.45) is 3.26. The standard InChI is InChI=1S/C13H26O.C9H14O/c1-9(2)12(5,6)11(14)13(7,8)10(3)4;1-7(2)5-9(10)6-8(3)4/h9-10H,1-8H3;5-6H,1-4H3. The topological polar surface area (TPSA) is 34.1 Å². The highest BCUT2D eigenvalue weighted by atomic mass is 16.1. The third-order valence-corrected chi connectivity index (χ3v) is 4.92. The first-order chi connectivity index (χ1) is 10.6. The number of allylic oxidation sites excluding steroid dienone is 4. The number of ketones is 2. The molecule has 0 heterocycles. The lowest BCUT2D eigenvalue weighted by molar-refractivity contribution is -0.140. The summed E-state index contributed by atoms with van der Waals surface area (Å²) in [6.45, 7) is 24.4. The fourth-order valence-corrected chi connectivity index (χ4v) is 1.97. The van der Waals surface area contributed by atoms with E-state index in [4.69, 9.17) is 0 Å². The summed E-state index contributed by atoms with van der Waals surface area (Å²) in [7, 11) is 0. The van der Waals surface area contributed by atoms with Gasteiger partial charge in [-0.3, -0.25) is 9.59 Å². The van der Waals surface area contributed by atoms with E-state index in [2.05, 4.69) is 55.4 Å². The van der Waals surface area contributed by atoms with Gasteiger partial charge >= 0.3 is 0 Å². The molecule has 0 aliphatic carbocycles. The molecule has 0 aliphatic rings. The second-order valence-electron chi connectivity index (χ2n) is 8.93. The molecular weight excluding hydrogens is 296 g/mol. The van der Waals surface area contributed by atoms with Crippen molar-refractivity contribution in [2.45, 2.75) is 83.1 Å². The van der Waals surface area contributed by atoms with Gasteiger partial charge in [-0.2, -0.15) is 0 Å². The largest absolute Gasteiger partial charge is 0.298 e. The fraction of sp³-hybridized carbons (Fsp3) is 0.727. The Balaban J connectivity index is 0. The summed E-state index contributed by atoms with van der Waals surface area (Å²) in [5.74, 6) is 1.26. The van der Waals surface area contributed by atoms with E-state index in [1.54, 1.807) is 12.2 Å². The van der Waals surface area contributed by atoms with Crippen LogP contribution in [0.2, 0.25) is 0 Å². The SMILES string of the molecule is CC(C)=CC(=O)C=C(C)C.CC(C)C(C)(C)C(=O)C(C)(C)C(C)C. The Morgan fingerprint density at radius 1 is 0.667 bits per heavy atom. The molecule has 0 fully saturated rings. The molecule has 0 aromatic carbocycles. The van der Waals surface area contributed by atoms with Crippen molar-refractivity contribution in [3.8, 4) is 0 Å². The zero-order chi connectivity index (χ0) is 19.9. The maximum atomic E-state index is 12.4. The van der Waals surface area contributed by atoms with E-state index >= 15 is 0 Å². The molecule has 0 aromatic rings. The van der Waals surface area contributed by atoms with Crippen LogP contribution in [0.1, 0.15) is 83.1 Å². The summed E-state index contributed by atoms with van der Waals surface area (Å²) in [6, 6.07) is 0. The molecular formula is C22H40O2. The summed E-state index contributed by atoms with van der Waals surface area (Å²) in [5.41, 5.74) is 1.66. The molecule has 0 saturated carbocycles. The van der Waals surface area contributed by atoms with Gasteiger partial charge in [0.15, 0.2) is 5.78 Å². The van der Waals surface area contributed by atoms with E-state index in [1.807, 2.05) is 27.7 Å². The highest BCUT2D eigenvalue weighted by Gasteiger charge is 2.42. The van der Waals surface area contributed by atoms with E-state index in [9.17, 15) is 9.59 Å². The van der Waals surface area contributed by atoms with E-state index in [0.29, 0.717) is 17.6 Å². The van der Waals surface area contributed by atoms with Crippen molar-refractivity contribution in [1.29, 1.82) is 0 Å². The van der Waals surface area contributed by atoms with Crippen LogP contribution in [0, 0.1) is 22.7 Å². The zero-order valence-corrected chi connectivity index (χ0v) is 18.1. The second-order valence-corrected chi connectivity index (χ2v) is 8.93. The Morgan fingerprint density at radius 3 is 1.08 bits per heavy atom. The van der Waals surface area contributed by atoms with Gasteiger partial charge in [-0.15, -0.1) is 0 Å². The molecule has 0 unspecified atom stereocenters. The van der Waals surface area contributed by atoms with Crippen molar-refractivity contribution >= 4 is 11.6 Å². The lowest BCUT2D eigenvalue weighted by atomic mass is 9.64. The predicted molar refractivity (Wildman–Crippen MR) is 106 cm³/mol. The predicted octanol–water partition coefficient (Wildman–Crippen LogP) is 6.41. The first-order valence-corrected chi connectivity index (χ1v) is 8.95. The third-order valence-electron chi connectivity index (χ3n) is 4.92. The maximum Gasteiger partial charge on any atom is 0.178 e. The van der Waals surface area contributed by atoms with E-state index in [0.717, 1.165) is 11.1 Å². The molecule has 2 heteroatoms. The minimum absolute atomic E-state index is 0.0833. The van der Waals surface area contributed by atoms with Crippen LogP contribution in [0.3, 0.4) is 0 Å². The summed E-state index contributed by atoms with van der Waals surface area (Å²) < 4.78 is 0. The van der Waals surface area contributed by atoms with Crippen molar-refractivity contribution in [3.63, 3.8) is 0 Å². The fourth-order valence-electron chi connectivity index (χ4n) is 1.97. The average molecular weight is 337 g/mol. The smallest absolute Gasteiger partial charge is 0.178 e. The number of carbonyl (C=O) groups is 2. The van der Waals surface area contributed by atoms with E-state index < -0.39 is 0 Å². The van der Waals surface area contributed by atoms with Gasteiger partial charge in [0.2, 0.25) is 0 Å². The normalized spacial score (nSPS) is 11.6. The molecule has 0 spiro atoms. The van der Waals surface area contributed by atoms with Crippen LogP contribution in [0.4, 0.5) is 0 Å². The Kier molecular flexibility index (Phi) is 10.4. The van der Waals surface area contributed by atoms with E-state index in [1.165, 1.54) is 0 Å². The molecule has 0 amide bonds. The van der Waals surface area contributed by atoms with Crippen molar-refractivity contribution < 1.29 is 9.59 Å². The molecule has 0 aliphatic heterocycles. The molecule has 24 heavy (non-hydrogen) atoms. The average Bonchev–Trinajstić information content (AvgIpc) is 2.35. The molecule has 0 rings (SSSR count). The Labute approximate surface area is 150 Å². The highest BCUT2D eigenvalue weighted by Crippen LogP contribution is 2.39. The van der Waals surface area contributed by atoms with Gasteiger partial charge in [0.1, 0.15) is 5.78 Å². The van der Waals surface area contributed by atoms with Gasteiger partial charge in [0.05, 0.1) is 0 Å². The summed E-state index contributed by atoms with van der Waals surface area (Å²) in [4.78, 5) is 23.3. The highest BCUT2D eigenvalue weighted by molar-refractivity contribution is 5.99. The van der Waals surface area contributed by atoms with Gasteiger partial charge in [-0.25, -0.2) is 0 Å². The van der Waals surface area contributed by atoms with Gasteiger partial charge in [-0.1, -0.05) is 66.5 Å². The van der Waals surface area contributed by atoms with E-state index in [-0.39, 0.29) is 16.6 Å². The number of hydrogen-bond donors (Lipinski definition) is 0. The van der Waals surface area contributed by atoms with Crippen LogP contribution in [0.5, 0.6) is 0 Å². The lowest BCUT2D eigenvalue weighted by Gasteiger charge is -2.38. The quantitative estimate of drug-likeness (QED) is 0.525. The van der Waals surface area contributed by atoms with Crippen LogP contribution in [0.15, 0.2) is 23.3 Å². The molecule has 140 valence electrons. The van der Waals surface area contributed by atoms with Crippen molar-refractivity contribution in [2.24, 2.45) is 22.7 Å². The molecule has 0 N–H and O–H groups in total.